The molecule has 0 aromatic carbocycles. The molecule has 0 radical (unpaired) electrons. The van der Waals surface area contributed by atoms with E-state index in [1.807, 2.05) is 18.3 Å². The molecule has 2 fully saturated rings. The Morgan fingerprint density at radius 1 is 1.28 bits per heavy atom. The van der Waals surface area contributed by atoms with Crippen LogP contribution in [0.25, 0.3) is 0 Å². The van der Waals surface area contributed by atoms with Gasteiger partial charge in [-0.25, -0.2) is 4.98 Å². The summed E-state index contributed by atoms with van der Waals surface area (Å²) in [6.45, 7) is 4.35. The molecule has 0 amide bonds. The van der Waals surface area contributed by atoms with Gasteiger partial charge in [-0.05, 0) is 24.3 Å². The molecule has 1 unspecified atom stereocenters. The van der Waals surface area contributed by atoms with Crippen molar-refractivity contribution in [3.8, 4) is 0 Å². The van der Waals surface area contributed by atoms with Crippen LogP contribution in [0.15, 0.2) is 18.3 Å². The standard InChI is InChI=1S/C13H18ClN3S/c14-12-2-1-4-15-13(12)17-7-5-16(6-8-17)11-3-9-18-10-11/h1-2,4,11H,3,5-10H2. The van der Waals surface area contributed by atoms with Crippen LogP contribution in [-0.4, -0.2) is 53.6 Å². The van der Waals surface area contributed by atoms with E-state index in [2.05, 4.69) is 26.5 Å². The fraction of sp³-hybridized carbons (Fsp3) is 0.615. The van der Waals surface area contributed by atoms with Crippen molar-refractivity contribution in [2.75, 3.05) is 42.6 Å². The third-order valence-corrected chi connectivity index (χ3v) is 5.21. The minimum Gasteiger partial charge on any atom is -0.353 e. The summed E-state index contributed by atoms with van der Waals surface area (Å²) in [7, 11) is 0. The van der Waals surface area contributed by atoms with E-state index in [1.54, 1.807) is 0 Å². The zero-order valence-electron chi connectivity index (χ0n) is 10.4. The smallest absolute Gasteiger partial charge is 0.147 e. The van der Waals surface area contributed by atoms with E-state index in [0.717, 1.165) is 43.1 Å². The number of pyridine rings is 1. The van der Waals surface area contributed by atoms with Gasteiger partial charge in [0.1, 0.15) is 5.82 Å². The maximum absolute atomic E-state index is 6.20. The molecule has 2 aliphatic rings. The van der Waals surface area contributed by atoms with Crippen molar-refractivity contribution in [1.29, 1.82) is 0 Å². The molecule has 0 spiro atoms. The zero-order valence-corrected chi connectivity index (χ0v) is 12.0. The Hall–Kier alpha value is -0.450. The lowest BCUT2D eigenvalue weighted by Crippen LogP contribution is -2.50. The molecule has 0 N–H and O–H groups in total. The van der Waals surface area contributed by atoms with Crippen molar-refractivity contribution in [2.24, 2.45) is 0 Å². The van der Waals surface area contributed by atoms with Gasteiger partial charge in [0.15, 0.2) is 0 Å². The van der Waals surface area contributed by atoms with Gasteiger partial charge in [-0.2, -0.15) is 11.8 Å². The van der Waals surface area contributed by atoms with Crippen LogP contribution >= 0.6 is 23.4 Å². The summed E-state index contributed by atoms with van der Waals surface area (Å²) in [5.74, 6) is 3.58. The van der Waals surface area contributed by atoms with Gasteiger partial charge in [0.2, 0.25) is 0 Å². The van der Waals surface area contributed by atoms with Gasteiger partial charge in [-0.1, -0.05) is 11.6 Å². The molecule has 3 heterocycles. The summed E-state index contributed by atoms with van der Waals surface area (Å²) in [6, 6.07) is 4.61. The Bertz CT molecular complexity index is 401. The van der Waals surface area contributed by atoms with Crippen molar-refractivity contribution >= 4 is 29.2 Å². The topological polar surface area (TPSA) is 19.4 Å². The molecule has 2 saturated heterocycles. The first-order valence-electron chi connectivity index (χ1n) is 6.52. The van der Waals surface area contributed by atoms with Crippen LogP contribution in [0, 0.1) is 0 Å². The highest BCUT2D eigenvalue weighted by molar-refractivity contribution is 7.99. The third kappa shape index (κ3) is 2.60. The lowest BCUT2D eigenvalue weighted by molar-refractivity contribution is 0.200. The average Bonchev–Trinajstić information content (AvgIpc) is 2.94. The van der Waals surface area contributed by atoms with Gasteiger partial charge in [0, 0.05) is 44.2 Å². The second-order valence-electron chi connectivity index (χ2n) is 4.85. The number of aromatic nitrogens is 1. The van der Waals surface area contributed by atoms with Crippen LogP contribution in [0.5, 0.6) is 0 Å². The highest BCUT2D eigenvalue weighted by Crippen LogP contribution is 2.26. The number of hydrogen-bond donors (Lipinski definition) is 0. The molecule has 2 aliphatic heterocycles. The summed E-state index contributed by atoms with van der Waals surface area (Å²) in [6.07, 6.45) is 3.18. The van der Waals surface area contributed by atoms with Crippen LogP contribution in [0.1, 0.15) is 6.42 Å². The minimum atomic E-state index is 0.766. The average molecular weight is 284 g/mol. The molecule has 18 heavy (non-hydrogen) atoms. The van der Waals surface area contributed by atoms with Crippen molar-refractivity contribution in [2.45, 2.75) is 12.5 Å². The van der Waals surface area contributed by atoms with E-state index in [0.29, 0.717) is 0 Å². The number of piperazine rings is 1. The molecule has 0 saturated carbocycles. The van der Waals surface area contributed by atoms with Crippen LogP contribution in [0.3, 0.4) is 0 Å². The summed E-state index contributed by atoms with van der Waals surface area (Å²) in [5.41, 5.74) is 0. The molecule has 0 aliphatic carbocycles. The number of rotatable bonds is 2. The maximum atomic E-state index is 6.20. The summed E-state index contributed by atoms with van der Waals surface area (Å²) in [5, 5.41) is 0.766. The maximum Gasteiger partial charge on any atom is 0.147 e. The number of anilines is 1. The number of nitrogens with zero attached hydrogens (tertiary/aromatic N) is 3. The Labute approximate surface area is 118 Å². The largest absolute Gasteiger partial charge is 0.353 e. The first-order valence-corrected chi connectivity index (χ1v) is 8.05. The van der Waals surface area contributed by atoms with Gasteiger partial charge in [-0.15, -0.1) is 0 Å². The molecule has 3 nitrogen and oxygen atoms in total. The first kappa shape index (κ1) is 12.6. The zero-order chi connectivity index (χ0) is 12.4. The predicted molar refractivity (Wildman–Crippen MR) is 78.8 cm³/mol. The third-order valence-electron chi connectivity index (χ3n) is 3.77. The minimum absolute atomic E-state index is 0.766. The monoisotopic (exact) mass is 283 g/mol. The number of thioether (sulfide) groups is 1. The van der Waals surface area contributed by atoms with Gasteiger partial charge in [0.25, 0.3) is 0 Å². The second kappa shape index (κ2) is 5.68. The molecule has 3 rings (SSSR count). The van der Waals surface area contributed by atoms with E-state index in [9.17, 15) is 0 Å². The Morgan fingerprint density at radius 2 is 2.11 bits per heavy atom. The van der Waals surface area contributed by atoms with Crippen molar-refractivity contribution < 1.29 is 0 Å². The Kier molecular flexibility index (Phi) is 3.97. The molecule has 1 aromatic rings. The lowest BCUT2D eigenvalue weighted by Gasteiger charge is -2.38. The van der Waals surface area contributed by atoms with Gasteiger partial charge in [-0.3, -0.25) is 4.90 Å². The number of halogens is 1. The fourth-order valence-electron chi connectivity index (χ4n) is 2.72. The predicted octanol–water partition coefficient (Wildman–Crippen LogP) is 2.36. The fourth-order valence-corrected chi connectivity index (χ4v) is 4.22. The van der Waals surface area contributed by atoms with Crippen molar-refractivity contribution in [3.05, 3.63) is 23.4 Å². The molecule has 5 heteroatoms. The van der Waals surface area contributed by atoms with Gasteiger partial charge < -0.3 is 4.90 Å². The number of hydrogen-bond acceptors (Lipinski definition) is 4. The highest BCUT2D eigenvalue weighted by Gasteiger charge is 2.27. The van der Waals surface area contributed by atoms with Crippen molar-refractivity contribution in [1.82, 2.24) is 9.88 Å². The molecule has 98 valence electrons. The van der Waals surface area contributed by atoms with E-state index in [-0.39, 0.29) is 0 Å². The van der Waals surface area contributed by atoms with E-state index < -0.39 is 0 Å². The van der Waals surface area contributed by atoms with Crippen LogP contribution in [0.4, 0.5) is 5.82 Å². The first-order chi connectivity index (χ1) is 8.84. The van der Waals surface area contributed by atoms with Crippen LogP contribution in [0.2, 0.25) is 5.02 Å². The quantitative estimate of drug-likeness (QED) is 0.830. The Morgan fingerprint density at radius 3 is 2.78 bits per heavy atom. The summed E-state index contributed by atoms with van der Waals surface area (Å²) < 4.78 is 0. The van der Waals surface area contributed by atoms with Crippen LogP contribution in [-0.2, 0) is 0 Å². The van der Waals surface area contributed by atoms with E-state index in [1.165, 1.54) is 17.9 Å². The molecule has 0 bridgehead atoms. The Balaban J connectivity index is 1.61. The normalized spacial score (nSPS) is 25.6. The molecular formula is C13H18ClN3S. The SMILES string of the molecule is Clc1cccnc1N1CCN(C2CCSC2)CC1. The van der Waals surface area contributed by atoms with Crippen LogP contribution < -0.4 is 4.90 Å². The molecular weight excluding hydrogens is 266 g/mol. The molecule has 1 aromatic heterocycles. The molecule has 1 atom stereocenters. The second-order valence-corrected chi connectivity index (χ2v) is 6.41. The summed E-state index contributed by atoms with van der Waals surface area (Å²) >= 11 is 8.29. The van der Waals surface area contributed by atoms with E-state index in [4.69, 9.17) is 11.6 Å². The van der Waals surface area contributed by atoms with Gasteiger partial charge in [0.05, 0.1) is 5.02 Å². The van der Waals surface area contributed by atoms with Crippen molar-refractivity contribution in [3.63, 3.8) is 0 Å². The van der Waals surface area contributed by atoms with E-state index >= 15 is 0 Å². The highest BCUT2D eigenvalue weighted by atomic mass is 35.5. The lowest BCUT2D eigenvalue weighted by atomic mass is 10.2. The van der Waals surface area contributed by atoms with Gasteiger partial charge >= 0.3 is 0 Å². The summed E-state index contributed by atoms with van der Waals surface area (Å²) in [4.78, 5) is 9.33.